The first kappa shape index (κ1) is 23.1. The van der Waals surface area contributed by atoms with Crippen molar-refractivity contribution in [1.82, 2.24) is 5.32 Å². The Morgan fingerprint density at radius 3 is 0.923 bits per heavy atom. The number of rotatable bonds is 1. The van der Waals surface area contributed by atoms with Gasteiger partial charge in [0.15, 0.2) is 0 Å². The van der Waals surface area contributed by atoms with Crippen molar-refractivity contribution in [2.75, 3.05) is 20.1 Å². The van der Waals surface area contributed by atoms with Crippen LogP contribution in [-0.4, -0.2) is 20.1 Å². The van der Waals surface area contributed by atoms with Gasteiger partial charge in [-0.05, 0) is 20.1 Å². The van der Waals surface area contributed by atoms with Crippen LogP contribution in [0, 0.1) is 0 Å². The Morgan fingerprint density at radius 1 is 0.846 bits per heavy atom. The molecular formula is C11H32N2. The topological polar surface area (TPSA) is 38.0 Å². The van der Waals surface area contributed by atoms with Crippen molar-refractivity contribution in [3.05, 3.63) is 0 Å². The van der Waals surface area contributed by atoms with Gasteiger partial charge in [-0.3, -0.25) is 0 Å². The van der Waals surface area contributed by atoms with E-state index in [1.807, 2.05) is 14.0 Å². The van der Waals surface area contributed by atoms with Gasteiger partial charge < -0.3 is 11.1 Å². The van der Waals surface area contributed by atoms with Crippen molar-refractivity contribution >= 4 is 0 Å². The molecule has 13 heavy (non-hydrogen) atoms. The van der Waals surface area contributed by atoms with Gasteiger partial charge in [0.1, 0.15) is 0 Å². The fourth-order valence-corrected chi connectivity index (χ4v) is 0. The molecule has 86 valence electrons. The van der Waals surface area contributed by atoms with Gasteiger partial charge >= 0.3 is 0 Å². The summed E-state index contributed by atoms with van der Waals surface area (Å²) in [5, 5.41) is 2.93. The summed E-state index contributed by atoms with van der Waals surface area (Å²) in [6, 6.07) is 0. The SMILES string of the molecule is CCC.CCC.CCN.CCNC. The largest absolute Gasteiger partial charge is 0.331 e. The van der Waals surface area contributed by atoms with Crippen LogP contribution in [0.2, 0.25) is 0 Å². The van der Waals surface area contributed by atoms with Crippen LogP contribution in [-0.2, 0) is 0 Å². The highest BCUT2D eigenvalue weighted by Crippen LogP contribution is 1.56. The lowest BCUT2D eigenvalue weighted by atomic mass is 10.6. The molecule has 0 radical (unpaired) electrons. The average Bonchev–Trinajstić information content (AvgIpc) is 2.08. The highest BCUT2D eigenvalue weighted by Gasteiger charge is 1.50. The van der Waals surface area contributed by atoms with Crippen molar-refractivity contribution in [1.29, 1.82) is 0 Å². The van der Waals surface area contributed by atoms with Crippen molar-refractivity contribution < 1.29 is 0 Å². The summed E-state index contributed by atoms with van der Waals surface area (Å²) >= 11 is 0. The molecule has 0 spiro atoms. The Bertz CT molecular complexity index is 24.5. The van der Waals surface area contributed by atoms with E-state index in [2.05, 4.69) is 39.9 Å². The van der Waals surface area contributed by atoms with E-state index in [0.717, 1.165) is 13.1 Å². The van der Waals surface area contributed by atoms with Crippen LogP contribution in [0.1, 0.15) is 54.4 Å². The smallest absolute Gasteiger partial charge is 0.00804 e. The predicted molar refractivity (Wildman–Crippen MR) is 66.3 cm³/mol. The number of nitrogens with one attached hydrogen (secondary N) is 1. The number of hydrogen-bond donors (Lipinski definition) is 2. The Labute approximate surface area is 86.3 Å². The molecule has 0 aliphatic carbocycles. The molecule has 0 aromatic heterocycles. The van der Waals surface area contributed by atoms with E-state index in [1.165, 1.54) is 12.8 Å². The standard InChI is InChI=1S/C3H9N.2C3H8.C2H7N/c1-3-4-2;2*1-3-2;1-2-3/h4H,3H2,1-2H3;2*3H2,1-2H3;2-3H2,1H3. The maximum absolute atomic E-state index is 4.85. The molecule has 2 heteroatoms. The second-order valence-electron chi connectivity index (χ2n) is 2.53. The molecule has 0 fully saturated rings. The second-order valence-corrected chi connectivity index (χ2v) is 2.53. The Morgan fingerprint density at radius 2 is 0.923 bits per heavy atom. The van der Waals surface area contributed by atoms with Crippen LogP contribution in [0.5, 0.6) is 0 Å². The lowest BCUT2D eigenvalue weighted by Crippen LogP contribution is -2.01. The summed E-state index contributed by atoms with van der Waals surface area (Å²) in [7, 11) is 1.93. The normalized spacial score (nSPS) is 6.46. The van der Waals surface area contributed by atoms with Crippen LogP contribution in [0.15, 0.2) is 0 Å². The van der Waals surface area contributed by atoms with Gasteiger partial charge in [-0.25, -0.2) is 0 Å². The molecule has 0 saturated carbocycles. The predicted octanol–water partition coefficient (Wildman–Crippen LogP) is 3.02. The molecule has 2 nitrogen and oxygen atoms in total. The molecule has 0 aromatic rings. The minimum absolute atomic E-state index is 0.750. The van der Waals surface area contributed by atoms with Crippen LogP contribution in [0.4, 0.5) is 0 Å². The van der Waals surface area contributed by atoms with E-state index in [-0.39, 0.29) is 0 Å². The van der Waals surface area contributed by atoms with Gasteiger partial charge in [0.25, 0.3) is 0 Å². The first-order valence-electron chi connectivity index (χ1n) is 5.50. The maximum Gasteiger partial charge on any atom is -0.00804 e. The molecule has 0 aromatic carbocycles. The Hall–Kier alpha value is -0.0800. The third kappa shape index (κ3) is 1390. The van der Waals surface area contributed by atoms with E-state index in [0.29, 0.717) is 0 Å². The summed E-state index contributed by atoms with van der Waals surface area (Å²) < 4.78 is 0. The zero-order valence-electron chi connectivity index (χ0n) is 10.9. The lowest BCUT2D eigenvalue weighted by Gasteiger charge is -1.76. The highest BCUT2D eigenvalue weighted by atomic mass is 14.8. The quantitative estimate of drug-likeness (QED) is 0.670. The minimum atomic E-state index is 0.750. The molecule has 0 bridgehead atoms. The molecular weight excluding hydrogens is 160 g/mol. The van der Waals surface area contributed by atoms with E-state index >= 15 is 0 Å². The van der Waals surface area contributed by atoms with Gasteiger partial charge in [0, 0.05) is 0 Å². The van der Waals surface area contributed by atoms with Crippen molar-refractivity contribution in [3.8, 4) is 0 Å². The molecule has 0 saturated heterocycles. The number of nitrogens with two attached hydrogens (primary N) is 1. The van der Waals surface area contributed by atoms with Gasteiger partial charge in [0.05, 0.1) is 0 Å². The lowest BCUT2D eigenvalue weighted by molar-refractivity contribution is 0.864. The van der Waals surface area contributed by atoms with Crippen molar-refractivity contribution in [3.63, 3.8) is 0 Å². The fraction of sp³-hybridized carbons (Fsp3) is 1.00. The summed E-state index contributed by atoms with van der Waals surface area (Å²) in [5.41, 5.74) is 4.85. The van der Waals surface area contributed by atoms with Gasteiger partial charge in [-0.2, -0.15) is 0 Å². The molecule has 3 N–H and O–H groups in total. The van der Waals surface area contributed by atoms with Crippen LogP contribution >= 0.6 is 0 Å². The third-order valence-corrected chi connectivity index (χ3v) is 0.354. The van der Waals surface area contributed by atoms with E-state index < -0.39 is 0 Å². The van der Waals surface area contributed by atoms with E-state index in [4.69, 9.17) is 5.73 Å². The van der Waals surface area contributed by atoms with Crippen LogP contribution in [0.3, 0.4) is 0 Å². The average molecular weight is 192 g/mol. The molecule has 0 heterocycles. The zero-order chi connectivity index (χ0) is 11.5. The highest BCUT2D eigenvalue weighted by molar-refractivity contribution is 4.15. The Balaban J connectivity index is -0.0000000420. The summed E-state index contributed by atoms with van der Waals surface area (Å²) in [6.45, 7) is 14.3. The summed E-state index contributed by atoms with van der Waals surface area (Å²) in [6.07, 6.45) is 2.50. The molecule has 0 unspecified atom stereocenters. The van der Waals surface area contributed by atoms with Gasteiger partial charge in [0.2, 0.25) is 0 Å². The third-order valence-electron chi connectivity index (χ3n) is 0.354. The summed E-state index contributed by atoms with van der Waals surface area (Å²) in [5.74, 6) is 0. The van der Waals surface area contributed by atoms with E-state index in [1.54, 1.807) is 0 Å². The maximum atomic E-state index is 4.85. The molecule has 0 rings (SSSR count). The Kier molecular flexibility index (Phi) is 104. The first-order valence-corrected chi connectivity index (χ1v) is 5.50. The van der Waals surface area contributed by atoms with Gasteiger partial charge in [-0.15, -0.1) is 0 Å². The minimum Gasteiger partial charge on any atom is -0.331 e. The van der Waals surface area contributed by atoms with Crippen molar-refractivity contribution in [2.24, 2.45) is 5.73 Å². The van der Waals surface area contributed by atoms with E-state index in [9.17, 15) is 0 Å². The zero-order valence-corrected chi connectivity index (χ0v) is 10.9. The van der Waals surface area contributed by atoms with Crippen molar-refractivity contribution in [2.45, 2.75) is 54.4 Å². The van der Waals surface area contributed by atoms with Gasteiger partial charge in [-0.1, -0.05) is 54.4 Å². The summed E-state index contributed by atoms with van der Waals surface area (Å²) in [4.78, 5) is 0. The molecule has 0 aliphatic rings. The molecule has 0 amide bonds. The number of hydrogen-bond acceptors (Lipinski definition) is 2. The van der Waals surface area contributed by atoms with Crippen LogP contribution < -0.4 is 11.1 Å². The molecule has 0 aliphatic heterocycles. The van der Waals surface area contributed by atoms with Crippen LogP contribution in [0.25, 0.3) is 0 Å². The monoisotopic (exact) mass is 192 g/mol. The first-order chi connectivity index (χ1) is 6.16. The fourth-order valence-electron chi connectivity index (χ4n) is 0. The molecule has 0 atom stereocenters. The second kappa shape index (κ2) is 58.7.